The average molecular weight is 240 g/mol. The highest BCUT2D eigenvalue weighted by Crippen LogP contribution is 2.28. The summed E-state index contributed by atoms with van der Waals surface area (Å²) >= 11 is 12.2. The van der Waals surface area contributed by atoms with Crippen LogP contribution in [-0.2, 0) is 6.42 Å². The minimum Gasteiger partial charge on any atom is -0.235 e. The first-order chi connectivity index (χ1) is 7.13. The van der Waals surface area contributed by atoms with Gasteiger partial charge in [0.2, 0.25) is 0 Å². The predicted molar refractivity (Wildman–Crippen MR) is 65.9 cm³/mol. The normalized spacial score (nSPS) is 10.9. The van der Waals surface area contributed by atoms with E-state index in [4.69, 9.17) is 23.2 Å². The maximum absolute atomic E-state index is 6.13. The Morgan fingerprint density at radius 1 is 1.27 bits per heavy atom. The Hall–Kier alpha value is -0.790. The van der Waals surface area contributed by atoms with Gasteiger partial charge in [0.1, 0.15) is 5.15 Å². The molecular weight excluding hydrogens is 229 g/mol. The van der Waals surface area contributed by atoms with Crippen LogP contribution >= 0.6 is 23.2 Å². The fourth-order valence-electron chi connectivity index (χ4n) is 1.63. The molecule has 3 heteroatoms. The van der Waals surface area contributed by atoms with Gasteiger partial charge in [0.05, 0.1) is 5.52 Å². The topological polar surface area (TPSA) is 12.9 Å². The summed E-state index contributed by atoms with van der Waals surface area (Å²) in [6, 6.07) is 5.88. The third-order valence-corrected chi connectivity index (χ3v) is 3.20. The third-order valence-electron chi connectivity index (χ3n) is 2.54. The van der Waals surface area contributed by atoms with Crippen molar-refractivity contribution in [2.24, 2.45) is 0 Å². The van der Waals surface area contributed by atoms with Crippen molar-refractivity contribution in [1.29, 1.82) is 0 Å². The summed E-state index contributed by atoms with van der Waals surface area (Å²) in [6.07, 6.45) is 0.867. The number of rotatable bonds is 1. The Labute approximate surface area is 99.0 Å². The van der Waals surface area contributed by atoms with E-state index in [2.05, 4.69) is 11.9 Å². The van der Waals surface area contributed by atoms with Crippen molar-refractivity contribution in [2.45, 2.75) is 20.3 Å². The Morgan fingerprint density at radius 3 is 2.67 bits per heavy atom. The number of halogens is 2. The van der Waals surface area contributed by atoms with Gasteiger partial charge >= 0.3 is 0 Å². The van der Waals surface area contributed by atoms with Gasteiger partial charge < -0.3 is 0 Å². The van der Waals surface area contributed by atoms with Crippen LogP contribution in [0.5, 0.6) is 0 Å². The molecule has 0 aliphatic heterocycles. The van der Waals surface area contributed by atoms with Crippen molar-refractivity contribution in [2.75, 3.05) is 0 Å². The molecule has 0 fully saturated rings. The highest BCUT2D eigenvalue weighted by atomic mass is 35.5. The Balaban J connectivity index is 2.86. The predicted octanol–water partition coefficient (Wildman–Crippen LogP) is 4.41. The average Bonchev–Trinajstić information content (AvgIpc) is 2.23. The van der Waals surface area contributed by atoms with Crippen LogP contribution in [-0.4, -0.2) is 4.98 Å². The van der Waals surface area contributed by atoms with Crippen molar-refractivity contribution in [3.63, 3.8) is 0 Å². The minimum atomic E-state index is 0.579. The first-order valence-electron chi connectivity index (χ1n) is 4.87. The maximum atomic E-state index is 6.13. The zero-order valence-corrected chi connectivity index (χ0v) is 10.2. The summed E-state index contributed by atoms with van der Waals surface area (Å²) in [5.74, 6) is 0. The van der Waals surface area contributed by atoms with E-state index in [0.717, 1.165) is 33.5 Å². The lowest BCUT2D eigenvalue weighted by Crippen LogP contribution is -1.91. The number of nitrogens with zero attached hydrogens (tertiary/aromatic N) is 1. The lowest BCUT2D eigenvalue weighted by Gasteiger charge is -2.07. The van der Waals surface area contributed by atoms with Crippen molar-refractivity contribution in [1.82, 2.24) is 4.98 Å². The molecule has 15 heavy (non-hydrogen) atoms. The van der Waals surface area contributed by atoms with Crippen LogP contribution < -0.4 is 0 Å². The molecule has 0 saturated carbocycles. The van der Waals surface area contributed by atoms with Crippen LogP contribution in [0.15, 0.2) is 18.2 Å². The van der Waals surface area contributed by atoms with Crippen LogP contribution in [0.1, 0.15) is 18.1 Å². The molecule has 1 nitrogen and oxygen atoms in total. The molecule has 1 aromatic carbocycles. The van der Waals surface area contributed by atoms with E-state index in [0.29, 0.717) is 5.15 Å². The third kappa shape index (κ3) is 1.82. The summed E-state index contributed by atoms with van der Waals surface area (Å²) in [7, 11) is 0. The standard InChI is InChI=1S/C12H11Cl2N/c1-3-8-6-9-10(13)5-4-7(2)11(9)15-12(8)14/h4-6H,3H2,1-2H3. The van der Waals surface area contributed by atoms with Gasteiger partial charge in [-0.1, -0.05) is 36.2 Å². The van der Waals surface area contributed by atoms with Gasteiger partial charge in [0.15, 0.2) is 0 Å². The summed E-state index contributed by atoms with van der Waals surface area (Å²) in [6.45, 7) is 4.06. The number of aryl methyl sites for hydroxylation is 2. The number of hydrogen-bond acceptors (Lipinski definition) is 1. The van der Waals surface area contributed by atoms with Crippen LogP contribution in [0.4, 0.5) is 0 Å². The zero-order valence-electron chi connectivity index (χ0n) is 8.64. The Kier molecular flexibility index (Phi) is 2.85. The van der Waals surface area contributed by atoms with Crippen LogP contribution in [0, 0.1) is 6.92 Å². The quantitative estimate of drug-likeness (QED) is 0.672. The molecule has 0 aliphatic carbocycles. The molecule has 0 saturated heterocycles. The molecule has 0 aliphatic rings. The molecule has 0 bridgehead atoms. The minimum absolute atomic E-state index is 0.579. The zero-order chi connectivity index (χ0) is 11.0. The van der Waals surface area contributed by atoms with Gasteiger partial charge in [-0.15, -0.1) is 0 Å². The molecule has 1 aromatic heterocycles. The van der Waals surface area contributed by atoms with Crippen LogP contribution in [0.2, 0.25) is 10.2 Å². The van der Waals surface area contributed by atoms with E-state index in [-0.39, 0.29) is 0 Å². The number of aromatic nitrogens is 1. The van der Waals surface area contributed by atoms with Crippen molar-refractivity contribution in [3.05, 3.63) is 39.5 Å². The van der Waals surface area contributed by atoms with Crippen molar-refractivity contribution in [3.8, 4) is 0 Å². The first-order valence-corrected chi connectivity index (χ1v) is 5.63. The fourth-order valence-corrected chi connectivity index (χ4v) is 2.11. The molecular formula is C12H11Cl2N. The van der Waals surface area contributed by atoms with Crippen molar-refractivity contribution >= 4 is 34.1 Å². The molecule has 1 heterocycles. The summed E-state index contributed by atoms with van der Waals surface area (Å²) in [4.78, 5) is 4.39. The van der Waals surface area contributed by atoms with Crippen molar-refractivity contribution < 1.29 is 0 Å². The van der Waals surface area contributed by atoms with Gasteiger partial charge in [-0.3, -0.25) is 0 Å². The lowest BCUT2D eigenvalue weighted by atomic mass is 10.1. The molecule has 2 rings (SSSR count). The maximum Gasteiger partial charge on any atom is 0.132 e. The summed E-state index contributed by atoms with van der Waals surface area (Å²) in [5, 5.41) is 2.29. The SMILES string of the molecule is CCc1cc2c(Cl)ccc(C)c2nc1Cl. The van der Waals surface area contributed by atoms with E-state index in [9.17, 15) is 0 Å². The molecule has 0 unspecified atom stereocenters. The van der Waals surface area contributed by atoms with Gasteiger partial charge in [-0.2, -0.15) is 0 Å². The monoisotopic (exact) mass is 239 g/mol. The number of fused-ring (bicyclic) bond motifs is 1. The lowest BCUT2D eigenvalue weighted by molar-refractivity contribution is 1.12. The van der Waals surface area contributed by atoms with Gasteiger partial charge in [-0.05, 0) is 36.6 Å². The van der Waals surface area contributed by atoms with E-state index in [1.165, 1.54) is 0 Å². The highest BCUT2D eigenvalue weighted by molar-refractivity contribution is 6.36. The highest BCUT2D eigenvalue weighted by Gasteiger charge is 2.07. The molecule has 0 spiro atoms. The van der Waals surface area contributed by atoms with Crippen LogP contribution in [0.3, 0.4) is 0 Å². The molecule has 0 N–H and O–H groups in total. The number of pyridine rings is 1. The molecule has 2 aromatic rings. The van der Waals surface area contributed by atoms with E-state index < -0.39 is 0 Å². The van der Waals surface area contributed by atoms with E-state index >= 15 is 0 Å². The number of benzene rings is 1. The van der Waals surface area contributed by atoms with Gasteiger partial charge in [0.25, 0.3) is 0 Å². The second kappa shape index (κ2) is 3.99. The summed E-state index contributed by atoms with van der Waals surface area (Å²) in [5.41, 5.74) is 3.03. The second-order valence-electron chi connectivity index (χ2n) is 3.55. The van der Waals surface area contributed by atoms with E-state index in [1.54, 1.807) is 0 Å². The van der Waals surface area contributed by atoms with Gasteiger partial charge in [-0.25, -0.2) is 4.98 Å². The molecule has 78 valence electrons. The fraction of sp³-hybridized carbons (Fsp3) is 0.250. The van der Waals surface area contributed by atoms with Crippen LogP contribution in [0.25, 0.3) is 10.9 Å². The second-order valence-corrected chi connectivity index (χ2v) is 4.32. The van der Waals surface area contributed by atoms with E-state index in [1.807, 2.05) is 25.1 Å². The molecule has 0 radical (unpaired) electrons. The molecule has 0 atom stereocenters. The molecule has 0 amide bonds. The Morgan fingerprint density at radius 2 is 2.00 bits per heavy atom. The number of hydrogen-bond donors (Lipinski definition) is 0. The Bertz CT molecular complexity index is 521. The summed E-state index contributed by atoms with van der Waals surface area (Å²) < 4.78 is 0. The smallest absolute Gasteiger partial charge is 0.132 e. The van der Waals surface area contributed by atoms with Gasteiger partial charge in [0, 0.05) is 10.4 Å². The largest absolute Gasteiger partial charge is 0.235 e. The first kappa shape index (κ1) is 10.7.